The molecule has 0 radical (unpaired) electrons. The molecule has 0 atom stereocenters. The number of rotatable bonds is 4. The maximum atomic E-state index is 4.28. The Morgan fingerprint density at radius 3 is 2.48 bits per heavy atom. The maximum absolute atomic E-state index is 4.28. The average molecular weight is 366 g/mol. The molecule has 4 rings (SSSR count). The SMILES string of the molecule is CC.CN(Cc1ccccc1)C1CCC(N2CCc3cnccc3C2)CC1. The first-order chi connectivity index (χ1) is 13.3. The Kier molecular flexibility index (Phi) is 7.42. The van der Waals surface area contributed by atoms with E-state index < -0.39 is 0 Å². The zero-order valence-corrected chi connectivity index (χ0v) is 17.3. The third-order valence-electron chi connectivity index (χ3n) is 6.13. The van der Waals surface area contributed by atoms with Crippen LogP contribution < -0.4 is 0 Å². The fourth-order valence-corrected chi connectivity index (χ4v) is 4.57. The fourth-order valence-electron chi connectivity index (χ4n) is 4.57. The maximum Gasteiger partial charge on any atom is 0.0303 e. The second kappa shape index (κ2) is 10.0. The van der Waals surface area contributed by atoms with Crippen LogP contribution in [0.5, 0.6) is 0 Å². The fraction of sp³-hybridized carbons (Fsp3) is 0.542. The predicted octanol–water partition coefficient (Wildman–Crippen LogP) is 4.91. The van der Waals surface area contributed by atoms with E-state index in [1.165, 1.54) is 48.9 Å². The molecule has 1 fully saturated rings. The van der Waals surface area contributed by atoms with Gasteiger partial charge < -0.3 is 0 Å². The largest absolute Gasteiger partial charge is 0.299 e. The molecule has 0 amide bonds. The molecular weight excluding hydrogens is 330 g/mol. The van der Waals surface area contributed by atoms with Gasteiger partial charge in [-0.15, -0.1) is 0 Å². The lowest BCUT2D eigenvalue weighted by Gasteiger charge is -2.41. The van der Waals surface area contributed by atoms with Crippen molar-refractivity contribution in [3.8, 4) is 0 Å². The van der Waals surface area contributed by atoms with Crippen molar-refractivity contribution in [2.45, 2.75) is 71.1 Å². The lowest BCUT2D eigenvalue weighted by atomic mass is 9.87. The second-order valence-electron chi connectivity index (χ2n) is 7.73. The summed E-state index contributed by atoms with van der Waals surface area (Å²) in [6.07, 6.45) is 10.5. The standard InChI is InChI=1S/C22H29N3.C2H6/c1-24(16-18-5-3-2-4-6-18)21-7-9-22(10-8-21)25-14-12-19-15-23-13-11-20(19)17-25;1-2/h2-6,11,13,15,21-22H,7-10,12,14,16-17H2,1H3;1-2H3. The van der Waals surface area contributed by atoms with Crippen LogP contribution in [-0.4, -0.2) is 40.5 Å². The molecule has 0 N–H and O–H groups in total. The summed E-state index contributed by atoms with van der Waals surface area (Å²) in [7, 11) is 2.29. The third kappa shape index (κ3) is 5.18. The lowest BCUT2D eigenvalue weighted by Crippen LogP contribution is -2.44. The number of nitrogens with zero attached hydrogens (tertiary/aromatic N) is 3. The Morgan fingerprint density at radius 1 is 1.00 bits per heavy atom. The van der Waals surface area contributed by atoms with E-state index in [2.05, 4.69) is 64.4 Å². The van der Waals surface area contributed by atoms with Crippen LogP contribution in [0.3, 0.4) is 0 Å². The van der Waals surface area contributed by atoms with Crippen LogP contribution in [0.15, 0.2) is 48.8 Å². The Morgan fingerprint density at radius 2 is 1.74 bits per heavy atom. The van der Waals surface area contributed by atoms with Gasteiger partial charge in [0.1, 0.15) is 0 Å². The number of hydrogen-bond acceptors (Lipinski definition) is 3. The highest BCUT2D eigenvalue weighted by Crippen LogP contribution is 2.30. The highest BCUT2D eigenvalue weighted by Gasteiger charge is 2.29. The van der Waals surface area contributed by atoms with Gasteiger partial charge >= 0.3 is 0 Å². The number of benzene rings is 1. The Bertz CT molecular complexity index is 677. The quantitative estimate of drug-likeness (QED) is 0.767. The van der Waals surface area contributed by atoms with Crippen molar-refractivity contribution in [1.29, 1.82) is 0 Å². The van der Waals surface area contributed by atoms with Crippen LogP contribution in [0.4, 0.5) is 0 Å². The van der Waals surface area contributed by atoms with Gasteiger partial charge in [0, 0.05) is 44.1 Å². The number of aromatic nitrogens is 1. The number of hydrogen-bond donors (Lipinski definition) is 0. The molecule has 1 aromatic carbocycles. The van der Waals surface area contributed by atoms with Crippen molar-refractivity contribution < 1.29 is 0 Å². The van der Waals surface area contributed by atoms with E-state index in [-0.39, 0.29) is 0 Å². The topological polar surface area (TPSA) is 19.4 Å². The molecule has 1 saturated carbocycles. The van der Waals surface area contributed by atoms with Gasteiger partial charge in [-0.3, -0.25) is 14.8 Å². The molecule has 0 bridgehead atoms. The molecule has 3 heteroatoms. The van der Waals surface area contributed by atoms with E-state index in [0.29, 0.717) is 0 Å². The smallest absolute Gasteiger partial charge is 0.0303 e. The molecule has 2 aliphatic rings. The number of pyridine rings is 1. The molecule has 0 unspecified atom stereocenters. The zero-order chi connectivity index (χ0) is 19.1. The molecule has 3 nitrogen and oxygen atoms in total. The summed E-state index contributed by atoms with van der Waals surface area (Å²) in [6.45, 7) is 7.39. The summed E-state index contributed by atoms with van der Waals surface area (Å²) in [5.74, 6) is 0. The summed E-state index contributed by atoms with van der Waals surface area (Å²) >= 11 is 0. The van der Waals surface area contributed by atoms with Crippen LogP contribution in [0, 0.1) is 0 Å². The van der Waals surface area contributed by atoms with Crippen molar-refractivity contribution in [2.75, 3.05) is 13.6 Å². The van der Waals surface area contributed by atoms with Gasteiger partial charge in [0.25, 0.3) is 0 Å². The Balaban J connectivity index is 0.00000102. The van der Waals surface area contributed by atoms with E-state index in [4.69, 9.17) is 0 Å². The lowest BCUT2D eigenvalue weighted by molar-refractivity contribution is 0.0959. The van der Waals surface area contributed by atoms with Crippen molar-refractivity contribution >= 4 is 0 Å². The van der Waals surface area contributed by atoms with Crippen LogP contribution in [0.1, 0.15) is 56.2 Å². The molecule has 2 aromatic rings. The summed E-state index contributed by atoms with van der Waals surface area (Å²) in [6, 6.07) is 14.6. The van der Waals surface area contributed by atoms with Crippen LogP contribution in [0.2, 0.25) is 0 Å². The van der Waals surface area contributed by atoms with Crippen molar-refractivity contribution in [1.82, 2.24) is 14.8 Å². The van der Waals surface area contributed by atoms with E-state index in [0.717, 1.165) is 31.6 Å². The molecule has 146 valence electrons. The van der Waals surface area contributed by atoms with Crippen molar-refractivity contribution in [3.05, 3.63) is 65.5 Å². The highest BCUT2D eigenvalue weighted by molar-refractivity contribution is 5.25. The molecule has 0 saturated heterocycles. The monoisotopic (exact) mass is 365 g/mol. The van der Waals surface area contributed by atoms with Gasteiger partial charge in [0.2, 0.25) is 0 Å². The van der Waals surface area contributed by atoms with Gasteiger partial charge in [0.15, 0.2) is 0 Å². The van der Waals surface area contributed by atoms with Crippen molar-refractivity contribution in [3.63, 3.8) is 0 Å². The van der Waals surface area contributed by atoms with E-state index in [9.17, 15) is 0 Å². The van der Waals surface area contributed by atoms with Gasteiger partial charge in [-0.2, -0.15) is 0 Å². The van der Waals surface area contributed by atoms with Gasteiger partial charge in [-0.1, -0.05) is 44.2 Å². The highest BCUT2D eigenvalue weighted by atomic mass is 15.2. The van der Waals surface area contributed by atoms with Gasteiger partial charge in [0.05, 0.1) is 0 Å². The van der Waals surface area contributed by atoms with E-state index in [1.54, 1.807) is 0 Å². The molecule has 27 heavy (non-hydrogen) atoms. The summed E-state index contributed by atoms with van der Waals surface area (Å²) in [5.41, 5.74) is 4.37. The molecule has 1 aromatic heterocycles. The van der Waals surface area contributed by atoms with E-state index in [1.807, 2.05) is 20.0 Å². The first-order valence-corrected chi connectivity index (χ1v) is 10.7. The summed E-state index contributed by atoms with van der Waals surface area (Å²) < 4.78 is 0. The van der Waals surface area contributed by atoms with Crippen LogP contribution >= 0.6 is 0 Å². The minimum Gasteiger partial charge on any atom is -0.299 e. The Labute approximate surface area is 165 Å². The first kappa shape index (κ1) is 20.0. The van der Waals surface area contributed by atoms with Gasteiger partial charge in [-0.25, -0.2) is 0 Å². The van der Waals surface area contributed by atoms with E-state index >= 15 is 0 Å². The summed E-state index contributed by atoms with van der Waals surface area (Å²) in [4.78, 5) is 9.55. The minimum absolute atomic E-state index is 0.734. The summed E-state index contributed by atoms with van der Waals surface area (Å²) in [5, 5.41) is 0. The van der Waals surface area contributed by atoms with Crippen molar-refractivity contribution in [2.24, 2.45) is 0 Å². The molecule has 0 spiro atoms. The predicted molar refractivity (Wildman–Crippen MR) is 114 cm³/mol. The normalized spacial score (nSPS) is 22.7. The molecular formula is C24H35N3. The van der Waals surface area contributed by atoms with Gasteiger partial charge in [-0.05, 0) is 61.9 Å². The average Bonchev–Trinajstić information content (AvgIpc) is 2.75. The number of fused-ring (bicyclic) bond motifs is 1. The zero-order valence-electron chi connectivity index (χ0n) is 17.3. The second-order valence-corrected chi connectivity index (χ2v) is 7.73. The molecule has 1 aliphatic carbocycles. The Hall–Kier alpha value is -1.71. The van der Waals surface area contributed by atoms with Crippen LogP contribution in [-0.2, 0) is 19.5 Å². The third-order valence-corrected chi connectivity index (χ3v) is 6.13. The first-order valence-electron chi connectivity index (χ1n) is 10.7. The molecule has 1 aliphatic heterocycles. The minimum atomic E-state index is 0.734. The van der Waals surface area contributed by atoms with Crippen LogP contribution in [0.25, 0.3) is 0 Å². The molecule has 2 heterocycles.